The molecular weight excluding hydrogens is 826 g/mol. The molecule has 21 heteroatoms. The number of halogens is 9. The first-order chi connectivity index (χ1) is 27.2. The minimum Gasteiger partial charge on any atom is -0.374 e. The van der Waals surface area contributed by atoms with E-state index in [-0.39, 0.29) is 56.2 Å². The fourth-order valence-electron chi connectivity index (χ4n) is 6.89. The quantitative estimate of drug-likeness (QED) is 0.0611. The summed E-state index contributed by atoms with van der Waals surface area (Å²) < 4.78 is 141. The number of anilines is 1. The van der Waals surface area contributed by atoms with E-state index in [0.29, 0.717) is 6.07 Å². The second kappa shape index (κ2) is 15.8. The fourth-order valence-corrected chi connectivity index (χ4v) is 7.62. The topological polar surface area (TPSA) is 162 Å². The van der Waals surface area contributed by atoms with E-state index in [0.717, 1.165) is 18.4 Å². The van der Waals surface area contributed by atoms with Gasteiger partial charge in [-0.1, -0.05) is 23.6 Å². The number of sulfonamides is 1. The van der Waals surface area contributed by atoms with Gasteiger partial charge in [0.2, 0.25) is 15.9 Å². The van der Waals surface area contributed by atoms with Gasteiger partial charge in [-0.15, -0.1) is 0 Å². The third-order valence-electron chi connectivity index (χ3n) is 9.49. The van der Waals surface area contributed by atoms with Crippen molar-refractivity contribution in [3.05, 3.63) is 87.3 Å². The van der Waals surface area contributed by atoms with E-state index >= 15 is 8.78 Å². The number of pyridine rings is 1. The number of alkyl halides is 6. The van der Waals surface area contributed by atoms with Crippen molar-refractivity contribution in [3.8, 4) is 23.0 Å². The molecule has 1 saturated carbocycles. The number of aryl methyl sites for hydroxylation is 1. The van der Waals surface area contributed by atoms with Crippen LogP contribution in [0.3, 0.4) is 0 Å². The van der Waals surface area contributed by atoms with Crippen molar-refractivity contribution < 1.29 is 53.4 Å². The highest BCUT2D eigenvalue weighted by Crippen LogP contribution is 2.62. The Morgan fingerprint density at radius 3 is 2.40 bits per heavy atom. The van der Waals surface area contributed by atoms with Gasteiger partial charge in [-0.3, -0.25) is 19.6 Å². The Kier molecular flexibility index (Phi) is 11.6. The lowest BCUT2D eigenvalue weighted by Crippen LogP contribution is -2.41. The van der Waals surface area contributed by atoms with Gasteiger partial charge in [0.05, 0.1) is 46.2 Å². The molecule has 11 nitrogen and oxygen atoms in total. The zero-order valence-corrected chi connectivity index (χ0v) is 31.8. The number of nitrogens with zero attached hydrogens (tertiary/aromatic N) is 3. The molecule has 2 aliphatic carbocycles. The summed E-state index contributed by atoms with van der Waals surface area (Å²) in [7, 11) is -2.43. The number of aliphatic hydroxyl groups is 1. The summed E-state index contributed by atoms with van der Waals surface area (Å²) in [6.07, 6.45) is -3.06. The molecule has 0 unspecified atom stereocenters. The molecule has 58 heavy (non-hydrogen) atoms. The van der Waals surface area contributed by atoms with Gasteiger partial charge in [-0.05, 0) is 60.6 Å². The number of hydrogen-bond acceptors (Lipinski definition) is 8. The molecule has 1 amide bonds. The summed E-state index contributed by atoms with van der Waals surface area (Å²) in [6.45, 7) is -4.15. The van der Waals surface area contributed by atoms with Crippen LogP contribution in [0.2, 0.25) is 5.02 Å². The molecule has 2 aromatic heterocycles. The first-order valence-electron chi connectivity index (χ1n) is 17.2. The number of aromatic nitrogens is 3. The summed E-state index contributed by atoms with van der Waals surface area (Å²) in [5.41, 5.74) is -5.48. The van der Waals surface area contributed by atoms with Crippen LogP contribution >= 0.6 is 11.6 Å². The van der Waals surface area contributed by atoms with Crippen LogP contribution in [0.25, 0.3) is 22.0 Å². The minimum absolute atomic E-state index is 0.0489. The highest BCUT2D eigenvalue weighted by Gasteiger charge is 2.66. The van der Waals surface area contributed by atoms with E-state index in [9.17, 15) is 44.7 Å². The molecule has 1 fully saturated rings. The molecule has 0 radical (unpaired) electrons. The minimum atomic E-state index is -3.89. The summed E-state index contributed by atoms with van der Waals surface area (Å²) >= 11 is 6.52. The van der Waals surface area contributed by atoms with E-state index in [4.69, 9.17) is 17.0 Å². The summed E-state index contributed by atoms with van der Waals surface area (Å²) in [4.78, 5) is 18.2. The monoisotopic (exact) mass is 857 g/mol. The van der Waals surface area contributed by atoms with Gasteiger partial charge >= 0.3 is 0 Å². The van der Waals surface area contributed by atoms with E-state index in [1.807, 2.05) is 0 Å². The summed E-state index contributed by atoms with van der Waals surface area (Å²) in [6, 6.07) is 6.55. The fraction of sp³-hybridized carbons (Fsp3) is 0.351. The van der Waals surface area contributed by atoms with Crippen molar-refractivity contribution in [3.63, 3.8) is 0 Å². The van der Waals surface area contributed by atoms with E-state index in [1.165, 1.54) is 36.0 Å². The van der Waals surface area contributed by atoms with Gasteiger partial charge in [0.15, 0.2) is 11.4 Å². The number of carbonyl (C=O) groups excluding carboxylic acids is 1. The standard InChI is InChI=1S/C37H32ClF8N7O4S/c1-53-32-22(5-6-25(38)29(32)35(51-53)52-58(2,56)57)21-4-3-20(7-8-36(55,15-39)16-40)49-31(21)26(11-17-9-18(41)12-19(42)10-17)50-27(54)14-48-33-28(30(47)34(43)44)23-13-24(23)37(33,45)46/h3-6,9-10,12,23-24,26,34,47-48,55H,11,13-16H2,1-2H3,(H,50,54)(H,51,52)/t23-,24+,26-/m0/s1. The number of nitrogens with one attached hydrogen (secondary N) is 4. The molecule has 3 atom stereocenters. The van der Waals surface area contributed by atoms with Crippen LogP contribution in [0.1, 0.15) is 29.4 Å². The van der Waals surface area contributed by atoms with Crippen molar-refractivity contribution in [2.75, 3.05) is 30.9 Å². The highest BCUT2D eigenvalue weighted by atomic mass is 35.5. The zero-order chi connectivity index (χ0) is 42.5. The molecule has 2 aromatic carbocycles. The number of rotatable bonds is 14. The predicted octanol–water partition coefficient (Wildman–Crippen LogP) is 5.77. The third kappa shape index (κ3) is 8.61. The van der Waals surface area contributed by atoms with Crippen LogP contribution in [-0.2, 0) is 28.3 Å². The largest absolute Gasteiger partial charge is 0.374 e. The van der Waals surface area contributed by atoms with Crippen LogP contribution in [0.15, 0.2) is 53.7 Å². The van der Waals surface area contributed by atoms with Crippen LogP contribution < -0.4 is 15.4 Å². The zero-order valence-electron chi connectivity index (χ0n) is 30.2. The van der Waals surface area contributed by atoms with Crippen molar-refractivity contribution in [1.29, 1.82) is 5.41 Å². The lowest BCUT2D eigenvalue weighted by atomic mass is 9.93. The second-order valence-electron chi connectivity index (χ2n) is 13.9. The van der Waals surface area contributed by atoms with Gasteiger partial charge in [0, 0.05) is 35.7 Å². The SMILES string of the molecule is Cn1nc(NS(C)(=O)=O)c2c(Cl)ccc(-c3ccc(C#CC(O)(CF)CF)nc3[C@H](Cc3cc(F)cc(F)c3)NC(=O)CNC3=C(C(=N)C(F)F)[C@H]4C[C@H]4C3(F)F)c21. The number of amides is 1. The van der Waals surface area contributed by atoms with Crippen molar-refractivity contribution in [2.24, 2.45) is 18.9 Å². The Hall–Kier alpha value is -5.26. The maximum atomic E-state index is 15.2. The number of allylic oxidation sites excluding steroid dienone is 2. The Morgan fingerprint density at radius 2 is 1.78 bits per heavy atom. The lowest BCUT2D eigenvalue weighted by Gasteiger charge is -2.24. The molecule has 5 N–H and O–H groups in total. The number of carbonyl (C=O) groups is 1. The average Bonchev–Trinajstić information content (AvgIpc) is 3.83. The summed E-state index contributed by atoms with van der Waals surface area (Å²) in [5.74, 6) is -4.80. The normalized spacial score (nSPS) is 17.8. The van der Waals surface area contributed by atoms with Crippen LogP contribution in [0, 0.1) is 40.7 Å². The molecule has 4 aromatic rings. The summed E-state index contributed by atoms with van der Waals surface area (Å²) in [5, 5.41) is 27.1. The Labute approximate surface area is 330 Å². The van der Waals surface area contributed by atoms with Crippen molar-refractivity contribution in [1.82, 2.24) is 25.4 Å². The predicted molar refractivity (Wildman–Crippen MR) is 197 cm³/mol. The maximum absolute atomic E-state index is 15.2. The number of fused-ring (bicyclic) bond motifs is 2. The van der Waals surface area contributed by atoms with Crippen LogP contribution in [0.5, 0.6) is 0 Å². The Morgan fingerprint density at radius 1 is 1.12 bits per heavy atom. The first kappa shape index (κ1) is 42.3. The molecule has 0 bridgehead atoms. The molecule has 6 rings (SSSR count). The molecule has 2 heterocycles. The van der Waals surface area contributed by atoms with Crippen molar-refractivity contribution >= 4 is 50.0 Å². The third-order valence-corrected chi connectivity index (χ3v) is 10.4. The Bertz CT molecular complexity index is 2520. The number of hydrogen-bond donors (Lipinski definition) is 5. The van der Waals surface area contributed by atoms with Gasteiger partial charge < -0.3 is 15.7 Å². The second-order valence-corrected chi connectivity index (χ2v) is 16.0. The van der Waals surface area contributed by atoms with Crippen molar-refractivity contribution in [2.45, 2.75) is 36.8 Å². The van der Waals surface area contributed by atoms with Crippen LogP contribution in [-0.4, -0.2) is 84.0 Å². The van der Waals surface area contributed by atoms with Gasteiger partial charge in [0.1, 0.15) is 36.4 Å². The molecule has 308 valence electrons. The molecule has 0 spiro atoms. The number of benzene rings is 2. The van der Waals surface area contributed by atoms with Gasteiger partial charge in [-0.2, -0.15) is 13.9 Å². The first-order valence-corrected chi connectivity index (χ1v) is 19.4. The lowest BCUT2D eigenvalue weighted by molar-refractivity contribution is -0.121. The smallest absolute Gasteiger partial charge is 0.290 e. The Balaban J connectivity index is 1.50. The average molecular weight is 858 g/mol. The molecular formula is C37H32ClF8N7O4S. The van der Waals surface area contributed by atoms with E-state index in [2.05, 4.69) is 37.3 Å². The van der Waals surface area contributed by atoms with Gasteiger partial charge in [0.25, 0.3) is 12.3 Å². The maximum Gasteiger partial charge on any atom is 0.290 e. The highest BCUT2D eigenvalue weighted by molar-refractivity contribution is 7.92. The molecule has 2 aliphatic rings. The molecule has 0 saturated heterocycles. The van der Waals surface area contributed by atoms with Gasteiger partial charge in [-0.25, -0.2) is 39.7 Å². The van der Waals surface area contributed by atoms with E-state index < -0.39 is 107 Å². The molecule has 0 aliphatic heterocycles. The van der Waals surface area contributed by atoms with E-state index in [1.54, 1.807) is 0 Å². The van der Waals surface area contributed by atoms with Crippen LogP contribution in [0.4, 0.5) is 40.9 Å².